The Balaban J connectivity index is 2.29. The van der Waals surface area contributed by atoms with Gasteiger partial charge in [-0.3, -0.25) is 9.11 Å². The van der Waals surface area contributed by atoms with Gasteiger partial charge >= 0.3 is 0 Å². The molecular formula is C12H16N2O3S. The van der Waals surface area contributed by atoms with Crippen molar-refractivity contribution in [3.63, 3.8) is 0 Å². The van der Waals surface area contributed by atoms with Crippen LogP contribution < -0.4 is 4.73 Å². The molecule has 0 aliphatic carbocycles. The van der Waals surface area contributed by atoms with E-state index in [0.717, 1.165) is 18.4 Å². The zero-order valence-corrected chi connectivity index (χ0v) is 11.0. The number of hydrogen-bond acceptors (Lipinski definition) is 4. The molecule has 2 rings (SSSR count). The van der Waals surface area contributed by atoms with Gasteiger partial charge in [-0.05, 0) is 25.3 Å². The highest BCUT2D eigenvalue weighted by Crippen LogP contribution is 2.53. The van der Waals surface area contributed by atoms with Crippen molar-refractivity contribution in [1.82, 2.24) is 0 Å². The SMILES string of the molecule is Cc1c(CC2CCCS2(O)O)cc(C#N)c[n+]1[O-]. The zero-order valence-electron chi connectivity index (χ0n) is 10.2. The summed E-state index contributed by atoms with van der Waals surface area (Å²) in [5.74, 6) is 0.450. The lowest BCUT2D eigenvalue weighted by molar-refractivity contribution is -0.612. The van der Waals surface area contributed by atoms with E-state index < -0.39 is 10.6 Å². The third-order valence-electron chi connectivity index (χ3n) is 3.46. The van der Waals surface area contributed by atoms with Gasteiger partial charge in [-0.2, -0.15) is 20.6 Å². The number of nitrogens with zero attached hydrogens (tertiary/aromatic N) is 2. The van der Waals surface area contributed by atoms with Gasteiger partial charge in [0.1, 0.15) is 11.6 Å². The fourth-order valence-corrected chi connectivity index (χ4v) is 4.24. The van der Waals surface area contributed by atoms with Crippen LogP contribution in [0.5, 0.6) is 0 Å². The summed E-state index contributed by atoms with van der Waals surface area (Å²) in [4.78, 5) is 0. The molecule has 0 amide bonds. The Labute approximate surface area is 108 Å². The number of rotatable bonds is 2. The van der Waals surface area contributed by atoms with Crippen LogP contribution in [0.3, 0.4) is 0 Å². The molecule has 1 saturated heterocycles. The first-order valence-electron chi connectivity index (χ1n) is 5.81. The highest BCUT2D eigenvalue weighted by atomic mass is 32.3. The van der Waals surface area contributed by atoms with Crippen LogP contribution in [-0.2, 0) is 6.42 Å². The molecule has 6 heteroatoms. The molecule has 2 N–H and O–H groups in total. The third-order valence-corrected chi connectivity index (χ3v) is 5.82. The molecular weight excluding hydrogens is 252 g/mol. The van der Waals surface area contributed by atoms with Crippen LogP contribution in [0.1, 0.15) is 29.7 Å². The number of nitriles is 1. The summed E-state index contributed by atoms with van der Waals surface area (Å²) in [6, 6.07) is 3.61. The van der Waals surface area contributed by atoms with E-state index in [2.05, 4.69) is 0 Å². The second-order valence-electron chi connectivity index (χ2n) is 4.67. The second kappa shape index (κ2) is 4.76. The molecule has 0 saturated carbocycles. The van der Waals surface area contributed by atoms with Crippen molar-refractivity contribution in [2.45, 2.75) is 31.4 Å². The Morgan fingerprint density at radius 1 is 1.61 bits per heavy atom. The van der Waals surface area contributed by atoms with Crippen LogP contribution in [0.4, 0.5) is 0 Å². The third kappa shape index (κ3) is 2.43. The topological polar surface area (TPSA) is 91.2 Å². The van der Waals surface area contributed by atoms with E-state index in [1.807, 2.05) is 6.07 Å². The van der Waals surface area contributed by atoms with Crippen molar-refractivity contribution in [2.75, 3.05) is 5.75 Å². The van der Waals surface area contributed by atoms with Gasteiger partial charge in [-0.15, -0.1) is 0 Å². The summed E-state index contributed by atoms with van der Waals surface area (Å²) in [7, 11) is -2.53. The highest BCUT2D eigenvalue weighted by molar-refractivity contribution is 8.25. The Morgan fingerprint density at radius 3 is 2.89 bits per heavy atom. The van der Waals surface area contributed by atoms with Gasteiger partial charge in [0, 0.05) is 18.2 Å². The summed E-state index contributed by atoms with van der Waals surface area (Å²) in [6.07, 6.45) is 3.26. The van der Waals surface area contributed by atoms with E-state index in [9.17, 15) is 14.3 Å². The Bertz CT molecular complexity index is 511. The van der Waals surface area contributed by atoms with Crippen molar-refractivity contribution in [2.24, 2.45) is 0 Å². The summed E-state index contributed by atoms with van der Waals surface area (Å²) in [5.41, 5.74) is 1.56. The monoisotopic (exact) mass is 268 g/mol. The molecule has 5 nitrogen and oxygen atoms in total. The Morgan fingerprint density at radius 2 is 2.33 bits per heavy atom. The average molecular weight is 268 g/mol. The average Bonchev–Trinajstić information content (AvgIpc) is 2.64. The molecule has 0 aromatic carbocycles. The number of pyridine rings is 1. The van der Waals surface area contributed by atoms with Gasteiger partial charge in [-0.25, -0.2) is 0 Å². The molecule has 18 heavy (non-hydrogen) atoms. The van der Waals surface area contributed by atoms with Crippen LogP contribution in [0, 0.1) is 23.5 Å². The van der Waals surface area contributed by atoms with Crippen molar-refractivity contribution >= 4 is 10.6 Å². The summed E-state index contributed by atoms with van der Waals surface area (Å²) in [6.45, 7) is 1.68. The van der Waals surface area contributed by atoms with Crippen LogP contribution in [0.15, 0.2) is 12.3 Å². The standard InChI is InChI=1S/C12H16N2O3S/c1-9-11(5-10(7-13)8-14(9)15)6-12-3-2-4-18(12,16)17/h5,8,12,16-17H,2-4,6H2,1H3. The van der Waals surface area contributed by atoms with Crippen LogP contribution in [-0.4, -0.2) is 20.1 Å². The van der Waals surface area contributed by atoms with Crippen molar-refractivity contribution in [3.05, 3.63) is 34.3 Å². The molecule has 1 atom stereocenters. The van der Waals surface area contributed by atoms with E-state index in [0.29, 0.717) is 28.2 Å². The number of aromatic nitrogens is 1. The summed E-state index contributed by atoms with van der Waals surface area (Å²) >= 11 is 0. The lowest BCUT2D eigenvalue weighted by Crippen LogP contribution is -2.32. The maximum absolute atomic E-state index is 11.6. The minimum Gasteiger partial charge on any atom is -0.618 e. The van der Waals surface area contributed by atoms with E-state index in [-0.39, 0.29) is 5.25 Å². The molecule has 2 heterocycles. The Kier molecular flexibility index (Phi) is 3.48. The van der Waals surface area contributed by atoms with E-state index >= 15 is 0 Å². The first-order valence-corrected chi connectivity index (χ1v) is 7.59. The molecule has 1 unspecified atom stereocenters. The maximum Gasteiger partial charge on any atom is 0.198 e. The number of hydrogen-bond donors (Lipinski definition) is 2. The van der Waals surface area contributed by atoms with Crippen LogP contribution in [0.2, 0.25) is 0 Å². The lowest BCUT2D eigenvalue weighted by Gasteiger charge is -2.34. The summed E-state index contributed by atoms with van der Waals surface area (Å²) in [5, 5.41) is 20.3. The van der Waals surface area contributed by atoms with Crippen molar-refractivity contribution in [3.8, 4) is 6.07 Å². The van der Waals surface area contributed by atoms with E-state index in [1.54, 1.807) is 13.0 Å². The molecule has 0 spiro atoms. The predicted molar refractivity (Wildman–Crippen MR) is 69.3 cm³/mol. The van der Waals surface area contributed by atoms with Gasteiger partial charge < -0.3 is 5.21 Å². The molecule has 98 valence electrons. The second-order valence-corrected chi connectivity index (χ2v) is 7.18. The molecule has 1 fully saturated rings. The zero-order chi connectivity index (χ0) is 13.3. The molecule has 0 radical (unpaired) electrons. The van der Waals surface area contributed by atoms with Gasteiger partial charge in [-0.1, -0.05) is 0 Å². The Hall–Kier alpha value is -1.29. The van der Waals surface area contributed by atoms with E-state index in [4.69, 9.17) is 5.26 Å². The van der Waals surface area contributed by atoms with Crippen molar-refractivity contribution < 1.29 is 13.8 Å². The van der Waals surface area contributed by atoms with Gasteiger partial charge in [0.25, 0.3) is 0 Å². The lowest BCUT2D eigenvalue weighted by atomic mass is 10.0. The van der Waals surface area contributed by atoms with Crippen LogP contribution in [0.25, 0.3) is 0 Å². The largest absolute Gasteiger partial charge is 0.618 e. The van der Waals surface area contributed by atoms with Crippen LogP contribution >= 0.6 is 10.6 Å². The van der Waals surface area contributed by atoms with E-state index in [1.165, 1.54) is 6.20 Å². The molecule has 1 aliphatic heterocycles. The first-order chi connectivity index (χ1) is 8.44. The minimum absolute atomic E-state index is 0.190. The fraction of sp³-hybridized carbons (Fsp3) is 0.500. The quantitative estimate of drug-likeness (QED) is 0.633. The summed E-state index contributed by atoms with van der Waals surface area (Å²) < 4.78 is 20.5. The molecule has 1 aliphatic rings. The van der Waals surface area contributed by atoms with Gasteiger partial charge in [0.15, 0.2) is 11.9 Å². The molecule has 0 bridgehead atoms. The maximum atomic E-state index is 11.6. The van der Waals surface area contributed by atoms with Crippen molar-refractivity contribution in [1.29, 1.82) is 5.26 Å². The normalized spacial score (nSPS) is 23.6. The first kappa shape index (κ1) is 13.1. The molecule has 1 aromatic rings. The smallest absolute Gasteiger partial charge is 0.198 e. The highest BCUT2D eigenvalue weighted by Gasteiger charge is 2.32. The fourth-order valence-electron chi connectivity index (χ4n) is 2.32. The predicted octanol–water partition coefficient (Wildman–Crippen LogP) is 1.96. The van der Waals surface area contributed by atoms with Gasteiger partial charge in [0.05, 0.1) is 5.25 Å². The van der Waals surface area contributed by atoms with Gasteiger partial charge in [0.2, 0.25) is 0 Å². The minimum atomic E-state index is -2.53. The molecule has 1 aromatic heterocycles.